The van der Waals surface area contributed by atoms with Crippen LogP contribution < -0.4 is 0 Å². The number of ether oxygens (including phenoxy) is 3. The number of rotatable bonds is 6. The Hall–Kier alpha value is -3.64. The molecule has 0 bridgehead atoms. The van der Waals surface area contributed by atoms with Gasteiger partial charge in [-0.25, -0.2) is 9.59 Å². The van der Waals surface area contributed by atoms with Gasteiger partial charge in [-0.1, -0.05) is 30.3 Å². The van der Waals surface area contributed by atoms with Crippen LogP contribution in [0.15, 0.2) is 48.5 Å². The maximum absolute atomic E-state index is 12.5. The first-order chi connectivity index (χ1) is 15.7. The maximum Gasteiger partial charge on any atom is 0.340 e. The zero-order valence-corrected chi connectivity index (χ0v) is 17.0. The Kier molecular flexibility index (Phi) is 7.51. The van der Waals surface area contributed by atoms with Gasteiger partial charge in [0, 0.05) is 6.08 Å². The van der Waals surface area contributed by atoms with E-state index in [1.54, 1.807) is 30.3 Å². The van der Waals surface area contributed by atoms with Crippen LogP contribution in [0, 0.1) is 0 Å². The molecule has 176 valence electrons. The first-order valence-electron chi connectivity index (χ1n) is 9.73. The molecule has 6 N–H and O–H groups in total. The fourth-order valence-electron chi connectivity index (χ4n) is 3.07. The monoisotopic (exact) mass is 462 g/mol. The predicted octanol–water partition coefficient (Wildman–Crippen LogP) is 0.0244. The van der Waals surface area contributed by atoms with Gasteiger partial charge in [0.1, 0.15) is 18.3 Å². The van der Waals surface area contributed by atoms with Gasteiger partial charge in [-0.2, -0.15) is 0 Å². The van der Waals surface area contributed by atoms with E-state index in [1.807, 2.05) is 0 Å². The Labute approximate surface area is 187 Å². The molecule has 0 saturated carbocycles. The number of aromatic hydroxyl groups is 3. The van der Waals surface area contributed by atoms with Gasteiger partial charge in [-0.3, -0.25) is 0 Å². The Balaban J connectivity index is 1.79. The van der Waals surface area contributed by atoms with Crippen molar-refractivity contribution in [3.05, 3.63) is 59.7 Å². The minimum Gasteiger partial charge on any atom is -0.504 e. The lowest BCUT2D eigenvalue weighted by Gasteiger charge is -2.40. The fraction of sp³-hybridized carbons (Fsp3) is 0.273. The highest BCUT2D eigenvalue weighted by Crippen LogP contribution is 2.36. The highest BCUT2D eigenvalue weighted by atomic mass is 16.7. The number of carbonyl (C=O) groups excluding carboxylic acids is 2. The van der Waals surface area contributed by atoms with E-state index >= 15 is 0 Å². The summed E-state index contributed by atoms with van der Waals surface area (Å²) in [5.41, 5.74) is 0.284. The predicted molar refractivity (Wildman–Crippen MR) is 110 cm³/mol. The smallest absolute Gasteiger partial charge is 0.340 e. The van der Waals surface area contributed by atoms with Crippen molar-refractivity contribution in [3.63, 3.8) is 0 Å². The molecule has 2 aromatic carbocycles. The average molecular weight is 462 g/mol. The van der Waals surface area contributed by atoms with Crippen LogP contribution in [0.5, 0.6) is 17.2 Å². The second-order valence-electron chi connectivity index (χ2n) is 7.12. The number of aliphatic hydroxyl groups is 3. The van der Waals surface area contributed by atoms with Gasteiger partial charge < -0.3 is 44.8 Å². The van der Waals surface area contributed by atoms with Crippen LogP contribution in [0.25, 0.3) is 6.08 Å². The Morgan fingerprint density at radius 2 is 1.61 bits per heavy atom. The van der Waals surface area contributed by atoms with Gasteiger partial charge in [0.05, 0.1) is 12.2 Å². The number of phenolic OH excluding ortho intramolecular Hbond substituents is 3. The summed E-state index contributed by atoms with van der Waals surface area (Å²) in [4.78, 5) is 24.8. The highest BCUT2D eigenvalue weighted by molar-refractivity contribution is 5.91. The molecular formula is C22H22O11. The molecule has 11 heteroatoms. The number of hydrogen-bond acceptors (Lipinski definition) is 11. The van der Waals surface area contributed by atoms with Gasteiger partial charge in [-0.05, 0) is 23.8 Å². The van der Waals surface area contributed by atoms with Gasteiger partial charge in [0.2, 0.25) is 6.29 Å². The molecule has 0 aliphatic carbocycles. The normalized spacial score (nSPS) is 25.0. The van der Waals surface area contributed by atoms with E-state index in [4.69, 9.17) is 14.2 Å². The SMILES string of the molecule is O=C(/C=C/c1ccccc1)OC1C(OC(=O)c2cc(O)c(O)c(O)c2)OC(CO)C(O)C1O. The van der Waals surface area contributed by atoms with Crippen molar-refractivity contribution < 1.29 is 54.4 Å². The van der Waals surface area contributed by atoms with Crippen molar-refractivity contribution in [1.82, 2.24) is 0 Å². The summed E-state index contributed by atoms with van der Waals surface area (Å²) in [6, 6.07) is 10.4. The summed E-state index contributed by atoms with van der Waals surface area (Å²) in [5.74, 6) is -4.58. The summed E-state index contributed by atoms with van der Waals surface area (Å²) in [5, 5.41) is 58.5. The lowest BCUT2D eigenvalue weighted by molar-refractivity contribution is -0.288. The number of esters is 2. The van der Waals surface area contributed by atoms with Crippen molar-refractivity contribution in [2.75, 3.05) is 6.61 Å². The van der Waals surface area contributed by atoms with E-state index in [2.05, 4.69) is 0 Å². The molecule has 1 heterocycles. The molecule has 2 aromatic rings. The summed E-state index contributed by atoms with van der Waals surface area (Å²) in [6.45, 7) is -0.748. The van der Waals surface area contributed by atoms with E-state index in [0.717, 1.165) is 18.2 Å². The van der Waals surface area contributed by atoms with Crippen LogP contribution in [-0.4, -0.2) is 79.9 Å². The Bertz CT molecular complexity index is 997. The molecule has 0 amide bonds. The molecule has 0 aromatic heterocycles. The molecule has 0 radical (unpaired) electrons. The standard InChI is InChI=1S/C22H22O11/c23-10-15-18(28)19(29)20(32-16(26)7-6-11-4-2-1-3-5-11)22(31-15)33-21(30)12-8-13(24)17(27)14(25)9-12/h1-9,15,18-20,22-25,27-29H,10H2/b7-6+. The van der Waals surface area contributed by atoms with Crippen LogP contribution >= 0.6 is 0 Å². The molecule has 1 aliphatic rings. The third-order valence-corrected chi connectivity index (χ3v) is 4.82. The molecule has 1 aliphatic heterocycles. The molecule has 11 nitrogen and oxygen atoms in total. The van der Waals surface area contributed by atoms with Crippen molar-refractivity contribution in [2.45, 2.75) is 30.7 Å². The van der Waals surface area contributed by atoms with E-state index in [9.17, 15) is 40.2 Å². The molecular weight excluding hydrogens is 440 g/mol. The molecule has 0 spiro atoms. The highest BCUT2D eigenvalue weighted by Gasteiger charge is 2.48. The van der Waals surface area contributed by atoms with E-state index < -0.39 is 72.1 Å². The van der Waals surface area contributed by atoms with Crippen LogP contribution in [0.2, 0.25) is 0 Å². The molecule has 1 saturated heterocycles. The quantitative estimate of drug-likeness (QED) is 0.193. The molecule has 5 atom stereocenters. The summed E-state index contributed by atoms with van der Waals surface area (Å²) in [7, 11) is 0. The number of carbonyl (C=O) groups is 2. The topological polar surface area (TPSA) is 183 Å². The third kappa shape index (κ3) is 5.59. The second kappa shape index (κ2) is 10.3. The van der Waals surface area contributed by atoms with E-state index in [1.165, 1.54) is 6.08 Å². The fourth-order valence-corrected chi connectivity index (χ4v) is 3.07. The van der Waals surface area contributed by atoms with Crippen LogP contribution in [-0.2, 0) is 19.0 Å². The van der Waals surface area contributed by atoms with Crippen molar-refractivity contribution in [1.29, 1.82) is 0 Å². The minimum atomic E-state index is -1.79. The number of hydrogen-bond donors (Lipinski definition) is 6. The molecule has 5 unspecified atom stereocenters. The maximum atomic E-state index is 12.5. The van der Waals surface area contributed by atoms with Crippen LogP contribution in [0.1, 0.15) is 15.9 Å². The number of aliphatic hydroxyl groups excluding tert-OH is 3. The summed E-state index contributed by atoms with van der Waals surface area (Å²) < 4.78 is 15.5. The summed E-state index contributed by atoms with van der Waals surface area (Å²) in [6.07, 6.45) is -5.77. The van der Waals surface area contributed by atoms with Crippen LogP contribution in [0.4, 0.5) is 0 Å². The first-order valence-corrected chi connectivity index (χ1v) is 9.73. The third-order valence-electron chi connectivity index (χ3n) is 4.82. The minimum absolute atomic E-state index is 0.401. The average Bonchev–Trinajstić information content (AvgIpc) is 2.81. The van der Waals surface area contributed by atoms with Crippen molar-refractivity contribution in [2.24, 2.45) is 0 Å². The molecule has 3 rings (SSSR count). The Morgan fingerprint density at radius 1 is 0.970 bits per heavy atom. The van der Waals surface area contributed by atoms with Gasteiger partial charge in [-0.15, -0.1) is 0 Å². The largest absolute Gasteiger partial charge is 0.504 e. The van der Waals surface area contributed by atoms with Crippen LogP contribution in [0.3, 0.4) is 0 Å². The van der Waals surface area contributed by atoms with Gasteiger partial charge in [0.25, 0.3) is 0 Å². The van der Waals surface area contributed by atoms with E-state index in [-0.39, 0.29) is 0 Å². The lowest BCUT2D eigenvalue weighted by Crippen LogP contribution is -2.60. The second-order valence-corrected chi connectivity index (χ2v) is 7.12. The summed E-state index contributed by atoms with van der Waals surface area (Å²) >= 11 is 0. The van der Waals surface area contributed by atoms with Gasteiger partial charge >= 0.3 is 11.9 Å². The number of benzene rings is 2. The van der Waals surface area contributed by atoms with Crippen molar-refractivity contribution >= 4 is 18.0 Å². The lowest BCUT2D eigenvalue weighted by atomic mass is 9.99. The first kappa shape index (κ1) is 24.0. The molecule has 1 fully saturated rings. The zero-order chi connectivity index (χ0) is 24.1. The molecule has 33 heavy (non-hydrogen) atoms. The van der Waals surface area contributed by atoms with E-state index in [0.29, 0.717) is 5.56 Å². The van der Waals surface area contributed by atoms with Crippen molar-refractivity contribution in [3.8, 4) is 17.2 Å². The van der Waals surface area contributed by atoms with Gasteiger partial charge in [0.15, 0.2) is 23.4 Å². The Morgan fingerprint density at radius 3 is 2.21 bits per heavy atom. The zero-order valence-electron chi connectivity index (χ0n) is 17.0. The number of phenols is 3.